The van der Waals surface area contributed by atoms with Crippen LogP contribution in [0.2, 0.25) is 0 Å². The van der Waals surface area contributed by atoms with Crippen LogP contribution in [0.4, 0.5) is 13.9 Å². The molecule has 144 valence electrons. The number of hydrogen-bond acceptors (Lipinski definition) is 6. The van der Waals surface area contributed by atoms with Gasteiger partial charge in [-0.1, -0.05) is 71.6 Å². The number of alkyl halides is 2. The third-order valence-electron chi connectivity index (χ3n) is 3.39. The summed E-state index contributed by atoms with van der Waals surface area (Å²) < 4.78 is 30.0. The molecule has 3 aromatic rings. The summed E-state index contributed by atoms with van der Waals surface area (Å²) in [4.78, 5) is 12.1. The standard InChI is InChI=1S/C19H15F2N3O2S2/c20-17(21)26-15-9-5-4-8-14(15)10-11-16(25)22-18-23-24-19(28-18)27-12-13-6-2-1-3-7-13/h1-11,17H,12H2,(H,22,23,25)/b11-10+. The molecule has 1 N–H and O–H groups in total. The van der Waals surface area contributed by atoms with Gasteiger partial charge in [0.25, 0.3) is 0 Å². The van der Waals surface area contributed by atoms with Gasteiger partial charge in [0.15, 0.2) is 4.34 Å². The lowest BCUT2D eigenvalue weighted by Crippen LogP contribution is -2.07. The molecule has 0 aliphatic rings. The van der Waals surface area contributed by atoms with Crippen molar-refractivity contribution in [3.63, 3.8) is 0 Å². The lowest BCUT2D eigenvalue weighted by molar-refractivity contribution is -0.111. The molecule has 0 bridgehead atoms. The van der Waals surface area contributed by atoms with Gasteiger partial charge in [0.05, 0.1) is 0 Å². The lowest BCUT2D eigenvalue weighted by Gasteiger charge is -2.07. The average molecular weight is 419 g/mol. The minimum Gasteiger partial charge on any atom is -0.434 e. The second-order valence-corrected chi connectivity index (χ2v) is 7.59. The van der Waals surface area contributed by atoms with Crippen molar-refractivity contribution in [3.8, 4) is 5.75 Å². The maximum atomic E-state index is 12.4. The number of anilines is 1. The highest BCUT2D eigenvalue weighted by atomic mass is 32.2. The van der Waals surface area contributed by atoms with Crippen LogP contribution in [0, 0.1) is 0 Å². The number of nitrogens with zero attached hydrogens (tertiary/aromatic N) is 2. The van der Waals surface area contributed by atoms with Crippen molar-refractivity contribution in [2.75, 3.05) is 5.32 Å². The molecular weight excluding hydrogens is 404 g/mol. The molecule has 1 amide bonds. The third kappa shape index (κ3) is 6.14. The Bertz CT molecular complexity index is 949. The first kappa shape index (κ1) is 20.0. The first-order valence-corrected chi connectivity index (χ1v) is 9.93. The number of amides is 1. The summed E-state index contributed by atoms with van der Waals surface area (Å²) in [6.07, 6.45) is 2.63. The van der Waals surface area contributed by atoms with Crippen molar-refractivity contribution < 1.29 is 18.3 Å². The van der Waals surface area contributed by atoms with E-state index in [-0.39, 0.29) is 5.75 Å². The highest BCUT2D eigenvalue weighted by Crippen LogP contribution is 2.28. The Hall–Kier alpha value is -2.78. The van der Waals surface area contributed by atoms with Crippen LogP contribution in [0.15, 0.2) is 65.0 Å². The second-order valence-electron chi connectivity index (χ2n) is 5.39. The second kappa shape index (κ2) is 9.95. The minimum atomic E-state index is -2.93. The Morgan fingerprint density at radius 3 is 2.68 bits per heavy atom. The molecule has 9 heteroatoms. The summed E-state index contributed by atoms with van der Waals surface area (Å²) in [5, 5.41) is 10.9. The van der Waals surface area contributed by atoms with Crippen molar-refractivity contribution >= 4 is 40.2 Å². The van der Waals surface area contributed by atoms with Crippen molar-refractivity contribution in [2.24, 2.45) is 0 Å². The minimum absolute atomic E-state index is 0.00272. The summed E-state index contributed by atoms with van der Waals surface area (Å²) in [7, 11) is 0. The van der Waals surface area contributed by atoms with Crippen molar-refractivity contribution in [3.05, 3.63) is 71.8 Å². The van der Waals surface area contributed by atoms with Gasteiger partial charge in [-0.2, -0.15) is 8.78 Å². The fourth-order valence-corrected chi connectivity index (χ4v) is 3.88. The largest absolute Gasteiger partial charge is 0.434 e. The molecule has 0 saturated carbocycles. The van der Waals surface area contributed by atoms with E-state index in [2.05, 4.69) is 20.3 Å². The van der Waals surface area contributed by atoms with Crippen LogP contribution >= 0.6 is 23.1 Å². The highest BCUT2D eigenvalue weighted by molar-refractivity contribution is 8.00. The van der Waals surface area contributed by atoms with Crippen molar-refractivity contribution in [2.45, 2.75) is 16.7 Å². The Morgan fingerprint density at radius 2 is 1.89 bits per heavy atom. The first-order chi connectivity index (χ1) is 13.6. The predicted octanol–water partition coefficient (Wildman–Crippen LogP) is 5.08. The Labute approximate surface area is 168 Å². The van der Waals surface area contributed by atoms with E-state index in [1.807, 2.05) is 30.3 Å². The molecule has 0 unspecified atom stereocenters. The number of para-hydroxylation sites is 1. The average Bonchev–Trinajstić information content (AvgIpc) is 3.13. The number of thioether (sulfide) groups is 1. The normalized spacial score (nSPS) is 11.1. The first-order valence-electron chi connectivity index (χ1n) is 8.13. The van der Waals surface area contributed by atoms with E-state index in [0.717, 1.165) is 10.1 Å². The molecule has 1 heterocycles. The molecule has 1 aromatic heterocycles. The predicted molar refractivity (Wildman–Crippen MR) is 107 cm³/mol. The zero-order valence-electron chi connectivity index (χ0n) is 14.4. The molecular formula is C19H15F2N3O2S2. The van der Waals surface area contributed by atoms with Crippen LogP contribution in [-0.2, 0) is 10.5 Å². The maximum Gasteiger partial charge on any atom is 0.387 e. The number of rotatable bonds is 8. The van der Waals surface area contributed by atoms with E-state index in [9.17, 15) is 13.6 Å². The van der Waals surface area contributed by atoms with E-state index in [0.29, 0.717) is 10.7 Å². The Balaban J connectivity index is 1.55. The van der Waals surface area contributed by atoms with Gasteiger partial charge in [0.2, 0.25) is 11.0 Å². The summed E-state index contributed by atoms with van der Waals surface area (Å²) in [5.41, 5.74) is 1.54. The monoisotopic (exact) mass is 419 g/mol. The fourth-order valence-electron chi connectivity index (χ4n) is 2.17. The molecule has 2 aromatic carbocycles. The number of aromatic nitrogens is 2. The zero-order chi connectivity index (χ0) is 19.8. The van der Waals surface area contributed by atoms with Crippen molar-refractivity contribution in [1.29, 1.82) is 0 Å². The molecule has 0 atom stereocenters. The number of benzene rings is 2. The number of ether oxygens (including phenoxy) is 1. The van der Waals surface area contributed by atoms with E-state index >= 15 is 0 Å². The van der Waals surface area contributed by atoms with Gasteiger partial charge in [-0.25, -0.2) is 0 Å². The summed E-state index contributed by atoms with van der Waals surface area (Å²) in [6, 6.07) is 16.2. The van der Waals surface area contributed by atoms with Crippen molar-refractivity contribution in [1.82, 2.24) is 10.2 Å². The molecule has 3 rings (SSSR count). The molecule has 0 spiro atoms. The van der Waals surface area contributed by atoms with Gasteiger partial charge < -0.3 is 4.74 Å². The number of nitrogens with one attached hydrogen (secondary N) is 1. The van der Waals surface area contributed by atoms with Crippen LogP contribution in [0.3, 0.4) is 0 Å². The van der Waals surface area contributed by atoms with Crippen LogP contribution in [0.1, 0.15) is 11.1 Å². The number of hydrogen-bond donors (Lipinski definition) is 1. The molecule has 0 aliphatic heterocycles. The van der Waals surface area contributed by atoms with E-state index in [1.165, 1.54) is 46.9 Å². The molecule has 5 nitrogen and oxygen atoms in total. The summed E-state index contributed by atoms with van der Waals surface area (Å²) in [6.45, 7) is -2.93. The highest BCUT2D eigenvalue weighted by Gasteiger charge is 2.09. The SMILES string of the molecule is O=C(/C=C/c1ccccc1OC(F)F)Nc1nnc(SCc2ccccc2)s1. The van der Waals surface area contributed by atoms with Crippen LogP contribution in [0.5, 0.6) is 5.75 Å². The maximum absolute atomic E-state index is 12.4. The number of halogens is 2. The number of carbonyl (C=O) groups is 1. The molecule has 0 radical (unpaired) electrons. The van der Waals surface area contributed by atoms with E-state index < -0.39 is 12.5 Å². The summed E-state index contributed by atoms with van der Waals surface area (Å²) >= 11 is 2.79. The molecule has 0 fully saturated rings. The van der Waals surface area contributed by atoms with Gasteiger partial charge in [-0.3, -0.25) is 10.1 Å². The number of carbonyl (C=O) groups excluding carboxylic acids is 1. The third-order valence-corrected chi connectivity index (χ3v) is 5.43. The van der Waals surface area contributed by atoms with Gasteiger partial charge in [-0.15, -0.1) is 10.2 Å². The van der Waals surface area contributed by atoms with E-state index in [4.69, 9.17) is 0 Å². The van der Waals surface area contributed by atoms with E-state index in [1.54, 1.807) is 18.2 Å². The van der Waals surface area contributed by atoms with Gasteiger partial charge in [0, 0.05) is 17.4 Å². The van der Waals surface area contributed by atoms with Crippen LogP contribution in [0.25, 0.3) is 6.08 Å². The summed E-state index contributed by atoms with van der Waals surface area (Å²) in [5.74, 6) is 0.309. The fraction of sp³-hybridized carbons (Fsp3) is 0.105. The smallest absolute Gasteiger partial charge is 0.387 e. The Morgan fingerprint density at radius 1 is 1.14 bits per heavy atom. The molecule has 28 heavy (non-hydrogen) atoms. The van der Waals surface area contributed by atoms with Gasteiger partial charge >= 0.3 is 6.61 Å². The quantitative estimate of drug-likeness (QED) is 0.313. The van der Waals surface area contributed by atoms with Gasteiger partial charge in [0.1, 0.15) is 5.75 Å². The van der Waals surface area contributed by atoms with Crippen LogP contribution < -0.4 is 10.1 Å². The topological polar surface area (TPSA) is 64.1 Å². The Kier molecular flexibility index (Phi) is 7.10. The van der Waals surface area contributed by atoms with Crippen LogP contribution in [-0.4, -0.2) is 22.7 Å². The zero-order valence-corrected chi connectivity index (χ0v) is 16.1. The molecule has 0 aliphatic carbocycles. The molecule has 0 saturated heterocycles. The van der Waals surface area contributed by atoms with Gasteiger partial charge in [-0.05, 0) is 17.7 Å². The lowest BCUT2D eigenvalue weighted by atomic mass is 10.2.